The highest BCUT2D eigenvalue weighted by molar-refractivity contribution is 14.2. The molecule has 10 heteroatoms. The topological polar surface area (TPSA) is 86.1 Å². The van der Waals surface area contributed by atoms with Crippen molar-refractivity contribution in [3.63, 3.8) is 0 Å². The Bertz CT molecular complexity index is 413. The first-order valence-electron chi connectivity index (χ1n) is 6.38. The van der Waals surface area contributed by atoms with Crippen molar-refractivity contribution < 1.29 is 18.6 Å². The summed E-state index contributed by atoms with van der Waals surface area (Å²) in [5.41, 5.74) is -0.446. The summed E-state index contributed by atoms with van der Waals surface area (Å²) < 4.78 is 16.9. The molecule has 2 aliphatic rings. The third-order valence-corrected chi connectivity index (χ3v) is 4.37. The van der Waals surface area contributed by atoms with Crippen LogP contribution in [-0.2, 0) is 13.7 Å². The molecule has 0 aliphatic carbocycles. The third kappa shape index (κ3) is 4.34. The molecular formula is C11H18IN3O5S. The Morgan fingerprint density at radius 2 is 2.24 bits per heavy atom. The van der Waals surface area contributed by atoms with Crippen LogP contribution in [0.1, 0.15) is 13.8 Å². The summed E-state index contributed by atoms with van der Waals surface area (Å²) in [4.78, 5) is 12.3. The molecule has 0 radical (unpaired) electrons. The zero-order valence-corrected chi connectivity index (χ0v) is 14.8. The van der Waals surface area contributed by atoms with Gasteiger partial charge in [-0.15, -0.1) is 0 Å². The number of halogens is 1. The van der Waals surface area contributed by atoms with Crippen molar-refractivity contribution in [2.75, 3.05) is 26.4 Å². The molecule has 8 nitrogen and oxygen atoms in total. The number of ether oxygens (including phenoxy) is 2. The molecule has 2 heterocycles. The van der Waals surface area contributed by atoms with Gasteiger partial charge in [-0.3, -0.25) is 15.0 Å². The van der Waals surface area contributed by atoms with E-state index in [-0.39, 0.29) is 4.92 Å². The average Bonchev–Trinajstić information content (AvgIpc) is 2.88. The average molecular weight is 431 g/mol. The van der Waals surface area contributed by atoms with Gasteiger partial charge in [0, 0.05) is 40.2 Å². The number of nitro groups is 1. The molecule has 0 spiro atoms. The van der Waals surface area contributed by atoms with Gasteiger partial charge in [0.25, 0.3) is 0 Å². The molecule has 0 aromatic carbocycles. The summed E-state index contributed by atoms with van der Waals surface area (Å²) in [7, 11) is 1.23. The molecule has 1 N–H and O–H groups in total. The van der Waals surface area contributed by atoms with E-state index in [1.807, 2.05) is 35.1 Å². The highest BCUT2D eigenvalue weighted by Crippen LogP contribution is 2.33. The second-order valence-electron chi connectivity index (χ2n) is 5.62. The second kappa shape index (κ2) is 6.86. The molecule has 0 bridgehead atoms. The predicted molar refractivity (Wildman–Crippen MR) is 85.7 cm³/mol. The van der Waals surface area contributed by atoms with E-state index >= 15 is 0 Å². The molecule has 1 atom stereocenters. The molecule has 0 aromatic rings. The van der Waals surface area contributed by atoms with E-state index < -0.39 is 17.5 Å². The van der Waals surface area contributed by atoms with Crippen LogP contribution in [0.15, 0.2) is 12.4 Å². The van der Waals surface area contributed by atoms with E-state index in [4.69, 9.17) is 13.7 Å². The lowest BCUT2D eigenvalue weighted by Gasteiger charge is -2.44. The van der Waals surface area contributed by atoms with Gasteiger partial charge in [-0.1, -0.05) is 0 Å². The first-order chi connectivity index (χ1) is 9.87. The van der Waals surface area contributed by atoms with E-state index in [1.54, 1.807) is 17.3 Å². The van der Waals surface area contributed by atoms with Gasteiger partial charge in [0.1, 0.15) is 0 Å². The lowest BCUT2D eigenvalue weighted by atomic mass is 9.89. The van der Waals surface area contributed by atoms with Crippen LogP contribution in [0.25, 0.3) is 0 Å². The summed E-state index contributed by atoms with van der Waals surface area (Å²) in [5.74, 6) is -0.636. The monoisotopic (exact) mass is 431 g/mol. The zero-order valence-electron chi connectivity index (χ0n) is 11.8. The van der Waals surface area contributed by atoms with Gasteiger partial charge < -0.3 is 19.0 Å². The van der Waals surface area contributed by atoms with Crippen LogP contribution >= 0.6 is 30.4 Å². The normalized spacial score (nSPS) is 26.6. The van der Waals surface area contributed by atoms with Gasteiger partial charge in [0.15, 0.2) is 5.79 Å². The maximum Gasteiger partial charge on any atom is 0.365 e. The summed E-state index contributed by atoms with van der Waals surface area (Å²) in [5, 5.41) is 13.7. The lowest BCUT2D eigenvalue weighted by Crippen LogP contribution is -2.55. The SMILES string of the molecule is CC1(C)OCC(COSI)(CN2C=CNC2[N+](=O)[O-])CO1. The Morgan fingerprint density at radius 3 is 2.81 bits per heavy atom. The number of nitrogens with one attached hydrogen (secondary N) is 1. The van der Waals surface area contributed by atoms with Crippen LogP contribution in [0.2, 0.25) is 0 Å². The van der Waals surface area contributed by atoms with Crippen molar-refractivity contribution in [2.24, 2.45) is 5.41 Å². The van der Waals surface area contributed by atoms with Gasteiger partial charge >= 0.3 is 6.29 Å². The molecular weight excluding hydrogens is 413 g/mol. The van der Waals surface area contributed by atoms with Crippen molar-refractivity contribution in [2.45, 2.75) is 25.9 Å². The standard InChI is InChI=1S/C11H18IN3O5S/c1-10(2)18-6-11(7-19-10,8-20-21-12)5-14-4-3-13-9(14)15(16)17/h3-4,9,13H,5-8H2,1-2H3. The minimum atomic E-state index is -0.955. The van der Waals surface area contributed by atoms with Gasteiger partial charge in [-0.2, -0.15) is 0 Å². The molecule has 2 rings (SSSR count). The van der Waals surface area contributed by atoms with E-state index in [0.717, 1.165) is 0 Å². The fourth-order valence-corrected chi connectivity index (χ4v) is 2.89. The van der Waals surface area contributed by atoms with Crippen molar-refractivity contribution in [3.8, 4) is 0 Å². The molecule has 0 saturated carbocycles. The Labute approximate surface area is 139 Å². The largest absolute Gasteiger partial charge is 0.365 e. The fraction of sp³-hybridized carbons (Fsp3) is 0.818. The molecule has 1 fully saturated rings. The predicted octanol–water partition coefficient (Wildman–Crippen LogP) is 1.71. The molecule has 120 valence electrons. The quantitative estimate of drug-likeness (QED) is 0.295. The maximum absolute atomic E-state index is 11.0. The number of hydrogen-bond acceptors (Lipinski definition) is 8. The van der Waals surface area contributed by atoms with Gasteiger partial charge in [0.2, 0.25) is 0 Å². The molecule has 1 unspecified atom stereocenters. The Morgan fingerprint density at radius 1 is 1.57 bits per heavy atom. The smallest absolute Gasteiger partial charge is 0.350 e. The van der Waals surface area contributed by atoms with Crippen molar-refractivity contribution in [1.29, 1.82) is 0 Å². The van der Waals surface area contributed by atoms with Crippen LogP contribution < -0.4 is 5.32 Å². The minimum Gasteiger partial charge on any atom is -0.350 e. The summed E-state index contributed by atoms with van der Waals surface area (Å²) in [6.07, 6.45) is 2.29. The molecule has 21 heavy (non-hydrogen) atoms. The summed E-state index contributed by atoms with van der Waals surface area (Å²) in [6, 6.07) is 0. The Balaban J connectivity index is 2.06. The minimum absolute atomic E-state index is 0.365. The van der Waals surface area contributed by atoms with E-state index in [0.29, 0.717) is 26.4 Å². The van der Waals surface area contributed by atoms with Crippen LogP contribution in [0, 0.1) is 15.5 Å². The first-order valence-corrected chi connectivity index (χ1v) is 9.66. The van der Waals surface area contributed by atoms with E-state index in [9.17, 15) is 10.1 Å². The van der Waals surface area contributed by atoms with E-state index in [2.05, 4.69) is 5.32 Å². The van der Waals surface area contributed by atoms with Gasteiger partial charge in [0.05, 0.1) is 39.4 Å². The fourth-order valence-electron chi connectivity index (χ4n) is 2.22. The summed E-state index contributed by atoms with van der Waals surface area (Å²) in [6.45, 7) is 5.35. The van der Waals surface area contributed by atoms with Crippen LogP contribution in [0.4, 0.5) is 0 Å². The molecule has 0 amide bonds. The van der Waals surface area contributed by atoms with Crippen LogP contribution in [0.5, 0.6) is 0 Å². The molecule has 1 saturated heterocycles. The van der Waals surface area contributed by atoms with Crippen LogP contribution in [0.3, 0.4) is 0 Å². The van der Waals surface area contributed by atoms with Crippen molar-refractivity contribution >= 4 is 30.4 Å². The molecule has 2 aliphatic heterocycles. The maximum atomic E-state index is 11.0. The zero-order chi connectivity index (χ0) is 15.5. The van der Waals surface area contributed by atoms with Gasteiger partial charge in [-0.25, -0.2) is 0 Å². The van der Waals surface area contributed by atoms with E-state index in [1.165, 1.54) is 9.21 Å². The summed E-state index contributed by atoms with van der Waals surface area (Å²) >= 11 is 2.04. The van der Waals surface area contributed by atoms with Crippen molar-refractivity contribution in [3.05, 3.63) is 22.5 Å². The van der Waals surface area contributed by atoms with Crippen molar-refractivity contribution in [1.82, 2.24) is 10.2 Å². The highest BCUT2D eigenvalue weighted by Gasteiger charge is 2.44. The van der Waals surface area contributed by atoms with Crippen LogP contribution in [-0.4, -0.2) is 48.3 Å². The number of rotatable bonds is 6. The molecule has 0 aromatic heterocycles. The lowest BCUT2D eigenvalue weighted by molar-refractivity contribution is -0.551. The number of hydrogen-bond donors (Lipinski definition) is 1. The Kier molecular flexibility index (Phi) is 5.57. The second-order valence-corrected chi connectivity index (χ2v) is 7.06. The Hall–Kier alpha value is -0.300. The first kappa shape index (κ1) is 17.1. The highest BCUT2D eigenvalue weighted by atomic mass is 127. The third-order valence-electron chi connectivity index (χ3n) is 3.40. The van der Waals surface area contributed by atoms with Gasteiger partial charge in [-0.05, 0) is 13.8 Å². The number of nitrogens with zero attached hydrogens (tertiary/aromatic N) is 2.